The Morgan fingerprint density at radius 1 is 1.00 bits per heavy atom. The van der Waals surface area contributed by atoms with Gasteiger partial charge in [0.05, 0.1) is 18.4 Å². The number of hydrogen-bond donors (Lipinski definition) is 2. The molecule has 0 aliphatic carbocycles. The van der Waals surface area contributed by atoms with Crippen LogP contribution < -0.4 is 15.4 Å². The van der Waals surface area contributed by atoms with Crippen LogP contribution in [0.25, 0.3) is 0 Å². The average molecular weight is 397 g/mol. The van der Waals surface area contributed by atoms with Gasteiger partial charge in [0.1, 0.15) is 5.75 Å². The van der Waals surface area contributed by atoms with Crippen LogP contribution in [0.5, 0.6) is 5.75 Å². The molecule has 2 aromatic carbocycles. The highest BCUT2D eigenvalue weighted by atomic mass is 35.5. The van der Waals surface area contributed by atoms with E-state index in [1.165, 1.54) is 26.4 Å². The molecule has 0 fully saturated rings. The van der Waals surface area contributed by atoms with Gasteiger partial charge in [0.25, 0.3) is 5.91 Å². The number of nitrogens with zero attached hydrogens (tertiary/aromatic N) is 2. The summed E-state index contributed by atoms with van der Waals surface area (Å²) in [6, 6.07) is 11.9. The van der Waals surface area contributed by atoms with Gasteiger partial charge in [-0.15, -0.1) is 0 Å². The lowest BCUT2D eigenvalue weighted by Crippen LogP contribution is -2.13. The van der Waals surface area contributed by atoms with Gasteiger partial charge in [0.15, 0.2) is 5.78 Å². The number of halogens is 1. The number of Topliss-reactive ketones (excluding diaryl/α,β-unsaturated/α-hetero) is 1. The molecule has 0 saturated heterocycles. The number of rotatable bonds is 6. The molecule has 0 atom stereocenters. The van der Waals surface area contributed by atoms with Gasteiger partial charge in [-0.2, -0.15) is 0 Å². The molecule has 2 N–H and O–H groups in total. The van der Waals surface area contributed by atoms with Gasteiger partial charge in [0.2, 0.25) is 5.95 Å². The third-order valence-corrected chi connectivity index (χ3v) is 4.11. The number of ketones is 1. The third kappa shape index (κ3) is 4.63. The number of carbonyl (C=O) groups is 2. The van der Waals surface area contributed by atoms with Gasteiger partial charge in [-0.3, -0.25) is 9.59 Å². The van der Waals surface area contributed by atoms with Crippen molar-refractivity contribution < 1.29 is 14.3 Å². The second-order valence-corrected chi connectivity index (χ2v) is 6.29. The molecule has 7 nitrogen and oxygen atoms in total. The SMILES string of the molecule is COc1ccc(Cl)cc1NC(=O)c1cnc(Nc2ccc(C(C)=O)cc2)nc1. The largest absolute Gasteiger partial charge is 0.495 e. The van der Waals surface area contributed by atoms with Crippen LogP contribution in [-0.4, -0.2) is 28.8 Å². The standard InChI is InChI=1S/C20H17ClN4O3/c1-12(26)13-3-6-16(7-4-13)24-20-22-10-14(11-23-20)19(27)25-17-9-15(21)5-8-18(17)28-2/h3-11H,1-2H3,(H,25,27)(H,22,23,24). The Hall–Kier alpha value is -3.45. The maximum Gasteiger partial charge on any atom is 0.258 e. The molecule has 0 radical (unpaired) electrons. The number of benzene rings is 2. The molecule has 1 amide bonds. The molecule has 0 saturated carbocycles. The van der Waals surface area contributed by atoms with Crippen molar-refractivity contribution in [2.75, 3.05) is 17.7 Å². The van der Waals surface area contributed by atoms with E-state index in [4.69, 9.17) is 16.3 Å². The van der Waals surface area contributed by atoms with Crippen LogP contribution in [0, 0.1) is 0 Å². The molecule has 3 aromatic rings. The summed E-state index contributed by atoms with van der Waals surface area (Å²) in [6.07, 6.45) is 2.82. The van der Waals surface area contributed by atoms with Crippen molar-refractivity contribution in [2.24, 2.45) is 0 Å². The van der Waals surface area contributed by atoms with Crippen molar-refractivity contribution >= 4 is 40.6 Å². The minimum absolute atomic E-state index is 0.00509. The number of anilines is 3. The van der Waals surface area contributed by atoms with Gasteiger partial charge in [0, 0.05) is 28.7 Å². The van der Waals surface area contributed by atoms with Crippen molar-refractivity contribution in [3.63, 3.8) is 0 Å². The zero-order valence-corrected chi connectivity index (χ0v) is 15.9. The monoisotopic (exact) mass is 396 g/mol. The van der Waals surface area contributed by atoms with Crippen LogP contribution in [0.4, 0.5) is 17.3 Å². The zero-order chi connectivity index (χ0) is 20.1. The Bertz CT molecular complexity index is 1000. The number of ether oxygens (including phenoxy) is 1. The molecule has 142 valence electrons. The summed E-state index contributed by atoms with van der Waals surface area (Å²) in [6.45, 7) is 1.51. The van der Waals surface area contributed by atoms with E-state index in [0.717, 1.165) is 5.69 Å². The number of hydrogen-bond acceptors (Lipinski definition) is 6. The number of methoxy groups -OCH3 is 1. The predicted octanol–water partition coefficient (Wildman–Crippen LogP) is 4.34. The summed E-state index contributed by atoms with van der Waals surface area (Å²) in [5.41, 5.74) is 2.08. The lowest BCUT2D eigenvalue weighted by atomic mass is 10.1. The summed E-state index contributed by atoms with van der Waals surface area (Å²) in [5, 5.41) is 6.21. The molecule has 1 aromatic heterocycles. The Balaban J connectivity index is 1.69. The highest BCUT2D eigenvalue weighted by molar-refractivity contribution is 6.31. The van der Waals surface area contributed by atoms with E-state index in [0.29, 0.717) is 28.0 Å². The number of nitrogens with one attached hydrogen (secondary N) is 2. The number of carbonyl (C=O) groups excluding carboxylic acids is 2. The lowest BCUT2D eigenvalue weighted by molar-refractivity contribution is 0.101. The first-order valence-electron chi connectivity index (χ1n) is 8.31. The molecule has 3 rings (SSSR count). The zero-order valence-electron chi connectivity index (χ0n) is 15.2. The average Bonchev–Trinajstić information content (AvgIpc) is 2.69. The van der Waals surface area contributed by atoms with Crippen LogP contribution in [-0.2, 0) is 0 Å². The fourth-order valence-electron chi connectivity index (χ4n) is 2.40. The van der Waals surface area contributed by atoms with Crippen LogP contribution in [0.1, 0.15) is 27.6 Å². The van der Waals surface area contributed by atoms with E-state index in [1.807, 2.05) is 0 Å². The van der Waals surface area contributed by atoms with Gasteiger partial charge >= 0.3 is 0 Å². The number of aromatic nitrogens is 2. The molecule has 0 aliphatic heterocycles. The Morgan fingerprint density at radius 3 is 2.29 bits per heavy atom. The first-order chi connectivity index (χ1) is 13.5. The Kier molecular flexibility index (Phi) is 5.86. The van der Waals surface area contributed by atoms with E-state index in [1.54, 1.807) is 42.5 Å². The van der Waals surface area contributed by atoms with E-state index >= 15 is 0 Å². The van der Waals surface area contributed by atoms with E-state index in [-0.39, 0.29) is 11.3 Å². The molecule has 0 bridgehead atoms. The van der Waals surface area contributed by atoms with Crippen LogP contribution in [0.3, 0.4) is 0 Å². The highest BCUT2D eigenvalue weighted by Gasteiger charge is 2.12. The maximum atomic E-state index is 12.4. The smallest absolute Gasteiger partial charge is 0.258 e. The van der Waals surface area contributed by atoms with Crippen LogP contribution >= 0.6 is 11.6 Å². The minimum atomic E-state index is -0.391. The van der Waals surface area contributed by atoms with Gasteiger partial charge in [-0.25, -0.2) is 9.97 Å². The summed E-state index contributed by atoms with van der Waals surface area (Å²) in [5.74, 6) is 0.422. The van der Waals surface area contributed by atoms with Crippen molar-refractivity contribution in [3.8, 4) is 5.75 Å². The lowest BCUT2D eigenvalue weighted by Gasteiger charge is -2.10. The molecular weight excluding hydrogens is 380 g/mol. The fourth-order valence-corrected chi connectivity index (χ4v) is 2.57. The summed E-state index contributed by atoms with van der Waals surface area (Å²) in [7, 11) is 1.51. The van der Waals surface area contributed by atoms with Crippen LogP contribution in [0.15, 0.2) is 54.9 Å². The van der Waals surface area contributed by atoms with E-state index in [2.05, 4.69) is 20.6 Å². The van der Waals surface area contributed by atoms with Crippen molar-refractivity contribution in [3.05, 3.63) is 71.0 Å². The summed E-state index contributed by atoms with van der Waals surface area (Å²) >= 11 is 5.97. The molecule has 0 spiro atoms. The molecule has 28 heavy (non-hydrogen) atoms. The van der Waals surface area contributed by atoms with Crippen molar-refractivity contribution in [1.82, 2.24) is 9.97 Å². The minimum Gasteiger partial charge on any atom is -0.495 e. The molecule has 1 heterocycles. The van der Waals surface area contributed by atoms with Crippen LogP contribution in [0.2, 0.25) is 5.02 Å². The topological polar surface area (TPSA) is 93.2 Å². The highest BCUT2D eigenvalue weighted by Crippen LogP contribution is 2.28. The predicted molar refractivity (Wildman–Crippen MR) is 108 cm³/mol. The second kappa shape index (κ2) is 8.49. The van der Waals surface area contributed by atoms with Gasteiger partial charge in [-0.05, 0) is 49.4 Å². The van der Waals surface area contributed by atoms with Gasteiger partial charge < -0.3 is 15.4 Å². The maximum absolute atomic E-state index is 12.4. The van der Waals surface area contributed by atoms with Crippen molar-refractivity contribution in [2.45, 2.75) is 6.92 Å². The number of amides is 1. The first-order valence-corrected chi connectivity index (χ1v) is 8.69. The summed E-state index contributed by atoms with van der Waals surface area (Å²) < 4.78 is 5.21. The summed E-state index contributed by atoms with van der Waals surface area (Å²) in [4.78, 5) is 32.0. The van der Waals surface area contributed by atoms with E-state index < -0.39 is 5.91 Å². The first kappa shape index (κ1) is 19.3. The molecule has 0 aliphatic rings. The normalized spacial score (nSPS) is 10.2. The molecular formula is C20H17ClN4O3. The Labute approximate surface area is 166 Å². The quantitative estimate of drug-likeness (QED) is 0.602. The van der Waals surface area contributed by atoms with Crippen molar-refractivity contribution in [1.29, 1.82) is 0 Å². The van der Waals surface area contributed by atoms with E-state index in [9.17, 15) is 9.59 Å². The molecule has 8 heteroatoms. The fraction of sp³-hybridized carbons (Fsp3) is 0.100. The second-order valence-electron chi connectivity index (χ2n) is 5.85. The molecule has 0 unspecified atom stereocenters. The van der Waals surface area contributed by atoms with Gasteiger partial charge in [-0.1, -0.05) is 11.6 Å². The third-order valence-electron chi connectivity index (χ3n) is 3.87. The Morgan fingerprint density at radius 2 is 1.68 bits per heavy atom.